The van der Waals surface area contributed by atoms with Crippen LogP contribution in [0.2, 0.25) is 0 Å². The third-order valence-corrected chi connectivity index (χ3v) is 3.00. The summed E-state index contributed by atoms with van der Waals surface area (Å²) in [4.78, 5) is 27.1. The summed E-state index contributed by atoms with van der Waals surface area (Å²) in [5.41, 5.74) is 7.19. The van der Waals surface area contributed by atoms with Crippen LogP contribution in [0.25, 0.3) is 6.08 Å². The highest BCUT2D eigenvalue weighted by Crippen LogP contribution is 2.13. The normalized spacial score (nSPS) is 12.3. The second-order valence-electron chi connectivity index (χ2n) is 4.41. The van der Waals surface area contributed by atoms with E-state index in [0.717, 1.165) is 0 Å². The molecule has 1 aliphatic rings. The van der Waals surface area contributed by atoms with Crippen LogP contribution in [0.15, 0.2) is 47.5 Å². The average Bonchev–Trinajstić information content (AvgIpc) is 2.78. The van der Waals surface area contributed by atoms with Crippen LogP contribution in [-0.4, -0.2) is 11.8 Å². The van der Waals surface area contributed by atoms with Crippen LogP contribution in [0.1, 0.15) is 10.4 Å². The molecule has 0 aromatic heterocycles. The van der Waals surface area contributed by atoms with Gasteiger partial charge in [0.2, 0.25) is 0 Å². The first-order chi connectivity index (χ1) is 9.63. The first-order valence-electron chi connectivity index (χ1n) is 6.04. The van der Waals surface area contributed by atoms with Crippen molar-refractivity contribution >= 4 is 29.3 Å². The quantitative estimate of drug-likeness (QED) is 0.774. The van der Waals surface area contributed by atoms with Gasteiger partial charge in [-0.1, -0.05) is 12.1 Å². The molecule has 2 aromatic carbocycles. The highest BCUT2D eigenvalue weighted by Gasteiger charge is 2.10. The van der Waals surface area contributed by atoms with Crippen molar-refractivity contribution in [3.8, 4) is 0 Å². The lowest BCUT2D eigenvalue weighted by atomic mass is 10.1. The van der Waals surface area contributed by atoms with Gasteiger partial charge in [-0.15, -0.1) is 0 Å². The van der Waals surface area contributed by atoms with Crippen molar-refractivity contribution in [3.63, 3.8) is 0 Å². The lowest BCUT2D eigenvalue weighted by molar-refractivity contribution is -0.112. The SMILES string of the molecule is Nc1ccccc1C(=O)Nc1ccc2c(c1)=CC(=O)N=2. The zero-order chi connectivity index (χ0) is 14.1. The van der Waals surface area contributed by atoms with E-state index in [2.05, 4.69) is 10.3 Å². The largest absolute Gasteiger partial charge is 0.398 e. The van der Waals surface area contributed by atoms with Gasteiger partial charge in [-0.3, -0.25) is 9.59 Å². The minimum atomic E-state index is -0.288. The van der Waals surface area contributed by atoms with E-state index in [1.54, 1.807) is 42.5 Å². The Hall–Kier alpha value is -2.95. The summed E-state index contributed by atoms with van der Waals surface area (Å²) in [5.74, 6) is -0.569. The number of hydrogen-bond acceptors (Lipinski definition) is 3. The maximum atomic E-state index is 12.1. The van der Waals surface area contributed by atoms with Gasteiger partial charge >= 0.3 is 0 Å². The standard InChI is InChI=1S/C15H11N3O2/c16-12-4-2-1-3-11(12)15(20)17-10-5-6-13-9(7-10)8-14(19)18-13/h1-8H,16H2,(H,17,20). The van der Waals surface area contributed by atoms with Gasteiger partial charge < -0.3 is 11.1 Å². The molecular weight excluding hydrogens is 254 g/mol. The summed E-state index contributed by atoms with van der Waals surface area (Å²) in [7, 11) is 0. The summed E-state index contributed by atoms with van der Waals surface area (Å²) in [6, 6.07) is 11.9. The maximum absolute atomic E-state index is 12.1. The van der Waals surface area contributed by atoms with Crippen LogP contribution in [0.4, 0.5) is 11.4 Å². The van der Waals surface area contributed by atoms with Crippen molar-refractivity contribution in [2.24, 2.45) is 4.99 Å². The molecule has 3 rings (SSSR count). The Morgan fingerprint density at radius 2 is 1.95 bits per heavy atom. The minimum Gasteiger partial charge on any atom is -0.398 e. The Morgan fingerprint density at radius 1 is 1.15 bits per heavy atom. The van der Waals surface area contributed by atoms with E-state index in [0.29, 0.717) is 27.5 Å². The minimum absolute atomic E-state index is 0.282. The molecule has 2 amide bonds. The molecule has 0 aliphatic carbocycles. The Labute approximate surface area is 114 Å². The first-order valence-corrected chi connectivity index (χ1v) is 6.04. The van der Waals surface area contributed by atoms with Gasteiger partial charge in [0.15, 0.2) is 0 Å². The number of anilines is 2. The van der Waals surface area contributed by atoms with Gasteiger partial charge in [0, 0.05) is 22.7 Å². The molecule has 1 heterocycles. The summed E-state index contributed by atoms with van der Waals surface area (Å²) in [5, 5.41) is 4.07. The number of amides is 2. The van der Waals surface area contributed by atoms with Crippen LogP contribution in [0, 0.1) is 0 Å². The second kappa shape index (κ2) is 4.62. The van der Waals surface area contributed by atoms with Gasteiger partial charge in [0.1, 0.15) is 0 Å². The number of carbonyl (C=O) groups excluding carboxylic acids is 2. The molecular formula is C15H11N3O2. The van der Waals surface area contributed by atoms with Crippen molar-refractivity contribution in [2.45, 2.75) is 0 Å². The van der Waals surface area contributed by atoms with Gasteiger partial charge in [0.25, 0.3) is 11.8 Å². The Bertz CT molecular complexity index is 840. The molecule has 0 unspecified atom stereocenters. The number of nitrogens with one attached hydrogen (secondary N) is 1. The van der Waals surface area contributed by atoms with Crippen LogP contribution in [0.3, 0.4) is 0 Å². The number of fused-ring (bicyclic) bond motifs is 1. The summed E-state index contributed by atoms with van der Waals surface area (Å²) < 4.78 is 0. The van der Waals surface area contributed by atoms with Crippen molar-refractivity contribution in [3.05, 3.63) is 58.6 Å². The Balaban J connectivity index is 1.91. The number of nitrogen functional groups attached to an aromatic ring is 1. The zero-order valence-electron chi connectivity index (χ0n) is 10.5. The molecule has 98 valence electrons. The Morgan fingerprint density at radius 3 is 2.75 bits per heavy atom. The fourth-order valence-corrected chi connectivity index (χ4v) is 2.04. The van der Waals surface area contributed by atoms with Crippen LogP contribution < -0.4 is 21.6 Å². The Kier molecular flexibility index (Phi) is 2.80. The van der Waals surface area contributed by atoms with Crippen molar-refractivity contribution in [1.29, 1.82) is 0 Å². The monoisotopic (exact) mass is 265 g/mol. The zero-order valence-corrected chi connectivity index (χ0v) is 10.5. The molecule has 0 radical (unpaired) electrons. The average molecular weight is 265 g/mol. The van der Waals surface area contributed by atoms with E-state index < -0.39 is 0 Å². The molecule has 0 saturated heterocycles. The summed E-state index contributed by atoms with van der Waals surface area (Å²) >= 11 is 0. The maximum Gasteiger partial charge on any atom is 0.270 e. The van der Waals surface area contributed by atoms with Crippen molar-refractivity contribution in [1.82, 2.24) is 0 Å². The fourth-order valence-electron chi connectivity index (χ4n) is 2.04. The van der Waals surface area contributed by atoms with Gasteiger partial charge in [-0.25, -0.2) is 4.99 Å². The molecule has 20 heavy (non-hydrogen) atoms. The number of nitrogens with two attached hydrogens (primary N) is 1. The van der Waals surface area contributed by atoms with E-state index in [4.69, 9.17) is 5.73 Å². The number of benzene rings is 2. The predicted molar refractivity (Wildman–Crippen MR) is 75.5 cm³/mol. The van der Waals surface area contributed by atoms with E-state index >= 15 is 0 Å². The van der Waals surface area contributed by atoms with Crippen LogP contribution in [-0.2, 0) is 4.79 Å². The lowest BCUT2D eigenvalue weighted by Crippen LogP contribution is -2.23. The van der Waals surface area contributed by atoms with E-state index in [1.807, 2.05) is 0 Å². The molecule has 0 spiro atoms. The topological polar surface area (TPSA) is 84.5 Å². The summed E-state index contributed by atoms with van der Waals surface area (Å²) in [6.45, 7) is 0. The molecule has 3 N–H and O–H groups in total. The van der Waals surface area contributed by atoms with Crippen LogP contribution >= 0.6 is 0 Å². The van der Waals surface area contributed by atoms with Gasteiger partial charge in [-0.05, 0) is 30.3 Å². The van der Waals surface area contributed by atoms with Crippen LogP contribution in [0.5, 0.6) is 0 Å². The molecule has 0 saturated carbocycles. The molecule has 1 aliphatic heterocycles. The molecule has 2 aromatic rings. The van der Waals surface area contributed by atoms with Crippen molar-refractivity contribution in [2.75, 3.05) is 11.1 Å². The first kappa shape index (κ1) is 12.1. The van der Waals surface area contributed by atoms with Gasteiger partial charge in [0.05, 0.1) is 10.9 Å². The van der Waals surface area contributed by atoms with Crippen molar-refractivity contribution < 1.29 is 9.59 Å². The second-order valence-corrected chi connectivity index (χ2v) is 4.41. The smallest absolute Gasteiger partial charge is 0.270 e. The number of nitrogens with zero attached hydrogens (tertiary/aromatic N) is 1. The highest BCUT2D eigenvalue weighted by atomic mass is 16.2. The molecule has 5 heteroatoms. The fraction of sp³-hybridized carbons (Fsp3) is 0. The van der Waals surface area contributed by atoms with E-state index in [9.17, 15) is 9.59 Å². The number of rotatable bonds is 2. The molecule has 0 bridgehead atoms. The van der Waals surface area contributed by atoms with E-state index in [-0.39, 0.29) is 11.8 Å². The number of carbonyl (C=O) groups is 2. The highest BCUT2D eigenvalue weighted by molar-refractivity contribution is 6.08. The predicted octanol–water partition coefficient (Wildman–Crippen LogP) is 0.461. The molecule has 0 fully saturated rings. The third kappa shape index (κ3) is 2.16. The number of para-hydroxylation sites is 1. The van der Waals surface area contributed by atoms with Gasteiger partial charge in [-0.2, -0.15) is 0 Å². The number of hydrogen-bond donors (Lipinski definition) is 2. The lowest BCUT2D eigenvalue weighted by Gasteiger charge is -2.07. The van der Waals surface area contributed by atoms with E-state index in [1.165, 1.54) is 6.08 Å². The summed E-state index contributed by atoms with van der Waals surface area (Å²) in [6.07, 6.45) is 1.43. The molecule has 0 atom stereocenters. The third-order valence-electron chi connectivity index (χ3n) is 3.00. The molecule has 5 nitrogen and oxygen atoms in total.